The first-order chi connectivity index (χ1) is 8.15. The Morgan fingerprint density at radius 2 is 1.67 bits per heavy atom. The van der Waals surface area contributed by atoms with Gasteiger partial charge in [-0.05, 0) is 24.3 Å². The molecule has 5 N–H and O–H groups in total. The van der Waals surface area contributed by atoms with E-state index in [2.05, 4.69) is 4.40 Å². The van der Waals surface area contributed by atoms with Crippen molar-refractivity contribution in [2.75, 3.05) is 0 Å². The van der Waals surface area contributed by atoms with Gasteiger partial charge in [0.05, 0.1) is 4.90 Å². The molecule has 18 heavy (non-hydrogen) atoms. The van der Waals surface area contributed by atoms with Crippen molar-refractivity contribution in [1.29, 1.82) is 0 Å². The van der Waals surface area contributed by atoms with E-state index >= 15 is 0 Å². The van der Waals surface area contributed by atoms with Gasteiger partial charge in [0, 0.05) is 11.9 Å². The van der Waals surface area contributed by atoms with Gasteiger partial charge >= 0.3 is 0 Å². The number of carboxylic acid groups (broad SMARTS) is 1. The summed E-state index contributed by atoms with van der Waals surface area (Å²) >= 11 is 5.59. The molecule has 1 rings (SSSR count). The number of nitrogens with zero attached hydrogens (tertiary/aromatic N) is 1. The molecule has 1 aromatic rings. The highest BCUT2D eigenvalue weighted by molar-refractivity contribution is 7.90. The Bertz CT molecular complexity index is 531. The number of rotatable bonds is 2. The maximum absolute atomic E-state index is 11.4. The predicted octanol–water partition coefficient (Wildman–Crippen LogP) is 0.393. The maximum atomic E-state index is 11.4. The molecule has 0 unspecified atom stereocenters. The van der Waals surface area contributed by atoms with Gasteiger partial charge in [0.2, 0.25) is 5.96 Å². The van der Waals surface area contributed by atoms with E-state index in [1.165, 1.54) is 24.3 Å². The molecule has 0 saturated carbocycles. The van der Waals surface area contributed by atoms with Crippen LogP contribution in [-0.4, -0.2) is 25.5 Å². The molecule has 0 spiro atoms. The summed E-state index contributed by atoms with van der Waals surface area (Å²) in [6.07, 6.45) is 0. The number of hydrogen-bond donors (Lipinski definition) is 3. The molecule has 0 saturated heterocycles. The third-order valence-corrected chi connectivity index (χ3v) is 2.91. The smallest absolute Gasteiger partial charge is 0.300 e. The third-order valence-electron chi connectivity index (χ3n) is 1.34. The van der Waals surface area contributed by atoms with Crippen molar-refractivity contribution >= 4 is 33.6 Å². The quantitative estimate of drug-likeness (QED) is 0.533. The molecule has 0 fully saturated rings. The molecule has 0 aliphatic heterocycles. The number of carboxylic acids is 1. The van der Waals surface area contributed by atoms with Crippen LogP contribution in [0.1, 0.15) is 6.92 Å². The number of aliphatic carboxylic acids is 1. The summed E-state index contributed by atoms with van der Waals surface area (Å²) in [5, 5.41) is 7.86. The van der Waals surface area contributed by atoms with Gasteiger partial charge in [-0.15, -0.1) is 4.40 Å². The van der Waals surface area contributed by atoms with Gasteiger partial charge in [0.25, 0.3) is 16.0 Å². The number of guanidine groups is 1. The van der Waals surface area contributed by atoms with Crippen LogP contribution < -0.4 is 11.5 Å². The topological polar surface area (TPSA) is 136 Å². The number of nitrogens with two attached hydrogens (primary N) is 2. The van der Waals surface area contributed by atoms with E-state index in [0.29, 0.717) is 5.02 Å². The molecule has 7 nitrogen and oxygen atoms in total. The second-order valence-corrected chi connectivity index (χ2v) is 5.00. The van der Waals surface area contributed by atoms with Crippen molar-refractivity contribution in [2.24, 2.45) is 15.9 Å². The van der Waals surface area contributed by atoms with Crippen LogP contribution >= 0.6 is 11.6 Å². The molecule has 100 valence electrons. The highest BCUT2D eigenvalue weighted by atomic mass is 35.5. The molecular formula is C9H12ClN3O4S. The lowest BCUT2D eigenvalue weighted by Crippen LogP contribution is -2.24. The highest BCUT2D eigenvalue weighted by Crippen LogP contribution is 2.15. The third kappa shape index (κ3) is 6.71. The van der Waals surface area contributed by atoms with E-state index in [9.17, 15) is 8.42 Å². The standard InChI is InChI=1S/C7H8ClN3O2S.C2H4O2/c8-5-1-3-6(4-2-5)14(12,13)11-7(9)10;1-2(3)4/h1-4H,(H4,9,10,11);1H3,(H,3,4). The molecule has 0 aromatic heterocycles. The van der Waals surface area contributed by atoms with E-state index in [1.54, 1.807) is 0 Å². The molecule has 0 aliphatic rings. The van der Waals surface area contributed by atoms with E-state index in [4.69, 9.17) is 33.0 Å². The molecule has 0 heterocycles. The van der Waals surface area contributed by atoms with Crippen LogP contribution in [0.25, 0.3) is 0 Å². The van der Waals surface area contributed by atoms with Crippen molar-refractivity contribution in [2.45, 2.75) is 11.8 Å². The molecule has 0 amide bonds. The van der Waals surface area contributed by atoms with Crippen molar-refractivity contribution in [1.82, 2.24) is 0 Å². The summed E-state index contributed by atoms with van der Waals surface area (Å²) in [5.74, 6) is -1.33. The summed E-state index contributed by atoms with van der Waals surface area (Å²) < 4.78 is 25.8. The Balaban J connectivity index is 0.000000631. The second-order valence-electron chi connectivity index (χ2n) is 2.96. The maximum Gasteiger partial charge on any atom is 0.300 e. The molecule has 0 aliphatic carbocycles. The molecule has 0 atom stereocenters. The zero-order valence-corrected chi connectivity index (χ0v) is 10.9. The normalized spacial score (nSPS) is 9.89. The summed E-state index contributed by atoms with van der Waals surface area (Å²) in [7, 11) is -3.80. The molecule has 9 heteroatoms. The van der Waals surface area contributed by atoms with Crippen LogP contribution in [-0.2, 0) is 14.8 Å². The average molecular weight is 294 g/mol. The minimum absolute atomic E-state index is 0.00435. The van der Waals surface area contributed by atoms with Crippen LogP contribution in [0.15, 0.2) is 33.6 Å². The van der Waals surface area contributed by atoms with Crippen molar-refractivity contribution < 1.29 is 18.3 Å². The largest absolute Gasteiger partial charge is 0.481 e. The lowest BCUT2D eigenvalue weighted by molar-refractivity contribution is -0.134. The lowest BCUT2D eigenvalue weighted by Gasteiger charge is -1.98. The van der Waals surface area contributed by atoms with E-state index in [1.807, 2.05) is 0 Å². The summed E-state index contributed by atoms with van der Waals surface area (Å²) in [6.45, 7) is 1.08. The van der Waals surface area contributed by atoms with Gasteiger partial charge < -0.3 is 16.6 Å². The van der Waals surface area contributed by atoms with Crippen molar-refractivity contribution in [3.05, 3.63) is 29.3 Å². The predicted molar refractivity (Wildman–Crippen MR) is 67.8 cm³/mol. The molecule has 0 radical (unpaired) electrons. The number of halogens is 1. The highest BCUT2D eigenvalue weighted by Gasteiger charge is 2.12. The van der Waals surface area contributed by atoms with Gasteiger partial charge in [-0.2, -0.15) is 8.42 Å². The first-order valence-electron chi connectivity index (χ1n) is 4.46. The Kier molecular flexibility index (Phi) is 6.14. The average Bonchev–Trinajstić information content (AvgIpc) is 2.15. The Hall–Kier alpha value is -1.80. The van der Waals surface area contributed by atoms with E-state index < -0.39 is 22.0 Å². The Morgan fingerprint density at radius 3 is 2.00 bits per heavy atom. The van der Waals surface area contributed by atoms with E-state index in [-0.39, 0.29) is 4.90 Å². The van der Waals surface area contributed by atoms with E-state index in [0.717, 1.165) is 6.92 Å². The van der Waals surface area contributed by atoms with Gasteiger partial charge in [-0.25, -0.2) is 0 Å². The van der Waals surface area contributed by atoms with Crippen LogP contribution in [0.2, 0.25) is 5.02 Å². The fourth-order valence-corrected chi connectivity index (χ4v) is 1.79. The molecule has 1 aromatic carbocycles. The van der Waals surface area contributed by atoms with Gasteiger partial charge in [-0.1, -0.05) is 11.6 Å². The van der Waals surface area contributed by atoms with Crippen LogP contribution in [0.4, 0.5) is 0 Å². The number of hydrogen-bond acceptors (Lipinski definition) is 3. The van der Waals surface area contributed by atoms with Crippen molar-refractivity contribution in [3.8, 4) is 0 Å². The van der Waals surface area contributed by atoms with Gasteiger partial charge in [0.15, 0.2) is 0 Å². The lowest BCUT2D eigenvalue weighted by atomic mass is 10.4. The molecular weight excluding hydrogens is 282 g/mol. The minimum atomic E-state index is -3.80. The summed E-state index contributed by atoms with van der Waals surface area (Å²) in [4.78, 5) is 9.00. The van der Waals surface area contributed by atoms with Crippen LogP contribution in [0.3, 0.4) is 0 Å². The summed E-state index contributed by atoms with van der Waals surface area (Å²) in [5.41, 5.74) is 9.94. The van der Waals surface area contributed by atoms with Crippen molar-refractivity contribution in [3.63, 3.8) is 0 Å². The molecule has 0 bridgehead atoms. The zero-order chi connectivity index (χ0) is 14.3. The SMILES string of the molecule is CC(=O)O.NC(N)=NS(=O)(=O)c1ccc(Cl)cc1. The first kappa shape index (κ1) is 16.2. The second kappa shape index (κ2) is 6.82. The first-order valence-corrected chi connectivity index (χ1v) is 6.28. The fraction of sp³-hybridized carbons (Fsp3) is 0.111. The van der Waals surface area contributed by atoms with Crippen LogP contribution in [0.5, 0.6) is 0 Å². The number of sulfonamides is 1. The zero-order valence-electron chi connectivity index (χ0n) is 9.37. The number of benzene rings is 1. The monoisotopic (exact) mass is 293 g/mol. The number of carbonyl (C=O) groups is 1. The minimum Gasteiger partial charge on any atom is -0.481 e. The van der Waals surface area contributed by atoms with Gasteiger partial charge in [-0.3, -0.25) is 4.79 Å². The van der Waals surface area contributed by atoms with Gasteiger partial charge in [0.1, 0.15) is 0 Å². The fourth-order valence-electron chi connectivity index (χ4n) is 0.798. The summed E-state index contributed by atoms with van der Waals surface area (Å²) in [6, 6.07) is 5.53. The Labute approximate surface area is 109 Å². The van der Waals surface area contributed by atoms with Crippen LogP contribution in [0, 0.1) is 0 Å². The Morgan fingerprint density at radius 1 is 1.28 bits per heavy atom.